The summed E-state index contributed by atoms with van der Waals surface area (Å²) in [6.45, 7) is 0. The zero-order chi connectivity index (χ0) is 25.7. The van der Waals surface area contributed by atoms with Gasteiger partial charge in [-0.15, -0.1) is 5.10 Å². The van der Waals surface area contributed by atoms with Crippen LogP contribution < -0.4 is 5.73 Å². The molecule has 13 heteroatoms. The van der Waals surface area contributed by atoms with Crippen LogP contribution in [0.25, 0.3) is 22.5 Å². The van der Waals surface area contributed by atoms with Crippen molar-refractivity contribution in [3.05, 3.63) is 77.0 Å². The number of aromatic amines is 1. The molecule has 37 heavy (non-hydrogen) atoms. The summed E-state index contributed by atoms with van der Waals surface area (Å²) >= 11 is 6.10. The van der Waals surface area contributed by atoms with Gasteiger partial charge in [-0.25, -0.2) is 9.37 Å². The minimum absolute atomic E-state index is 0.0504. The first-order valence-corrected chi connectivity index (χ1v) is 11.8. The number of tetrazole rings is 1. The number of benzene rings is 1. The van der Waals surface area contributed by atoms with Crippen molar-refractivity contribution in [2.24, 2.45) is 5.73 Å². The summed E-state index contributed by atoms with van der Waals surface area (Å²) < 4.78 is 16.6. The molecule has 186 valence electrons. The molecule has 2 aliphatic rings. The molecule has 0 spiro atoms. The molecule has 1 fully saturated rings. The van der Waals surface area contributed by atoms with Crippen molar-refractivity contribution in [1.29, 1.82) is 0 Å². The van der Waals surface area contributed by atoms with Crippen LogP contribution in [-0.2, 0) is 4.79 Å². The maximum atomic E-state index is 15.3. The van der Waals surface area contributed by atoms with Gasteiger partial charge in [0.15, 0.2) is 5.82 Å². The van der Waals surface area contributed by atoms with Gasteiger partial charge in [0.2, 0.25) is 5.91 Å². The van der Waals surface area contributed by atoms with Crippen LogP contribution in [0.15, 0.2) is 49.1 Å². The first kappa shape index (κ1) is 23.0. The van der Waals surface area contributed by atoms with E-state index in [1.807, 2.05) is 0 Å². The van der Waals surface area contributed by atoms with Gasteiger partial charge in [0.1, 0.15) is 17.8 Å². The van der Waals surface area contributed by atoms with E-state index in [1.165, 1.54) is 29.3 Å². The van der Waals surface area contributed by atoms with E-state index in [4.69, 9.17) is 17.3 Å². The molecule has 2 aliphatic heterocycles. The lowest BCUT2D eigenvalue weighted by molar-refractivity contribution is -0.129. The lowest BCUT2D eigenvalue weighted by Crippen LogP contribution is -2.39. The van der Waals surface area contributed by atoms with E-state index in [2.05, 4.69) is 30.5 Å². The normalized spacial score (nSPS) is 19.1. The van der Waals surface area contributed by atoms with Gasteiger partial charge in [-0.2, -0.15) is 4.68 Å². The quantitative estimate of drug-likeness (QED) is 0.411. The molecule has 4 aromatic rings. The summed E-state index contributed by atoms with van der Waals surface area (Å²) in [5.74, 6) is -0.863. The molecule has 11 nitrogen and oxygen atoms in total. The van der Waals surface area contributed by atoms with Crippen LogP contribution in [0, 0.1) is 5.82 Å². The van der Waals surface area contributed by atoms with Crippen LogP contribution in [0.1, 0.15) is 47.2 Å². The fourth-order valence-corrected chi connectivity index (χ4v) is 5.25. The second-order valence-corrected chi connectivity index (χ2v) is 9.26. The molecule has 0 unspecified atom stereocenters. The van der Waals surface area contributed by atoms with Crippen molar-refractivity contribution < 1.29 is 14.0 Å². The second-order valence-electron chi connectivity index (χ2n) is 8.85. The number of primary amides is 1. The summed E-state index contributed by atoms with van der Waals surface area (Å²) in [7, 11) is 0. The molecule has 3 aromatic heterocycles. The largest absolute Gasteiger partial charge is 0.364 e. The number of nitrogens with two attached hydrogens (primary N) is 1. The molecule has 1 aromatic carbocycles. The Morgan fingerprint density at radius 2 is 2.08 bits per heavy atom. The summed E-state index contributed by atoms with van der Waals surface area (Å²) in [6, 6.07) is 5.96. The van der Waals surface area contributed by atoms with Crippen LogP contribution in [0.4, 0.5) is 4.39 Å². The van der Waals surface area contributed by atoms with Gasteiger partial charge in [0.05, 0.1) is 28.6 Å². The fourth-order valence-electron chi connectivity index (χ4n) is 5.09. The number of imidazole rings is 1. The van der Waals surface area contributed by atoms with Gasteiger partial charge in [0, 0.05) is 29.4 Å². The standard InChI is InChI=1S/C24H19ClFN9O2/c25-15-2-4-18(34-11-30-32-33-34)21(22(15)26)13-7-14-1-3-19(35(14)20(36)9-13)24-29-10-17(31-24)12-5-6-28-16(8-12)23(27)37/h2,4-6,8-11,14,19H,1,3,7H2,(H2,27,37)(H,29,31)/t14-,19+/m1/s1. The number of H-pyrrole nitrogens is 1. The zero-order valence-electron chi connectivity index (χ0n) is 19.2. The van der Waals surface area contributed by atoms with Gasteiger partial charge >= 0.3 is 0 Å². The summed E-state index contributed by atoms with van der Waals surface area (Å²) in [5, 5.41) is 11.1. The van der Waals surface area contributed by atoms with Crippen molar-refractivity contribution >= 4 is 29.0 Å². The van der Waals surface area contributed by atoms with E-state index in [0.717, 1.165) is 0 Å². The number of amides is 2. The molecule has 5 heterocycles. The maximum Gasteiger partial charge on any atom is 0.267 e. The highest BCUT2D eigenvalue weighted by Gasteiger charge is 2.42. The number of carbonyl (C=O) groups excluding carboxylic acids is 2. The SMILES string of the molecule is NC(=O)c1cc(-c2cnc([C@@H]3CC[C@@H]4CC(c5c(-n6cnnn6)ccc(Cl)c5F)=CC(=O)N43)[nH]2)ccn1. The van der Waals surface area contributed by atoms with Gasteiger partial charge in [-0.1, -0.05) is 11.6 Å². The van der Waals surface area contributed by atoms with Crippen molar-refractivity contribution in [3.63, 3.8) is 0 Å². The lowest BCUT2D eigenvalue weighted by atomic mass is 9.92. The molecular formula is C24H19ClFN9O2. The van der Waals surface area contributed by atoms with Crippen molar-refractivity contribution in [3.8, 4) is 16.9 Å². The third-order valence-electron chi connectivity index (χ3n) is 6.73. The molecule has 1 saturated heterocycles. The highest BCUT2D eigenvalue weighted by Crippen LogP contribution is 2.44. The molecule has 3 N–H and O–H groups in total. The van der Waals surface area contributed by atoms with Gasteiger partial charge in [-0.3, -0.25) is 14.6 Å². The van der Waals surface area contributed by atoms with Gasteiger partial charge < -0.3 is 15.6 Å². The van der Waals surface area contributed by atoms with Crippen LogP contribution in [0.2, 0.25) is 5.02 Å². The summed E-state index contributed by atoms with van der Waals surface area (Å²) in [5.41, 5.74) is 8.01. The number of hydrogen-bond donors (Lipinski definition) is 2. The number of hydrogen-bond acceptors (Lipinski definition) is 7. The number of pyridine rings is 1. The third-order valence-corrected chi connectivity index (χ3v) is 7.03. The van der Waals surface area contributed by atoms with Gasteiger partial charge in [0.25, 0.3) is 5.91 Å². The van der Waals surface area contributed by atoms with E-state index in [9.17, 15) is 9.59 Å². The summed E-state index contributed by atoms with van der Waals surface area (Å²) in [6.07, 6.45) is 7.80. The minimum atomic E-state index is -0.625. The molecule has 0 aliphatic carbocycles. The number of nitrogens with zero attached hydrogens (tertiary/aromatic N) is 7. The van der Waals surface area contributed by atoms with Crippen LogP contribution in [0.5, 0.6) is 0 Å². The minimum Gasteiger partial charge on any atom is -0.364 e. The predicted octanol–water partition coefficient (Wildman–Crippen LogP) is 2.86. The monoisotopic (exact) mass is 519 g/mol. The number of rotatable bonds is 5. The Morgan fingerprint density at radius 1 is 1.22 bits per heavy atom. The molecule has 2 amide bonds. The predicted molar refractivity (Wildman–Crippen MR) is 130 cm³/mol. The van der Waals surface area contributed by atoms with Gasteiger partial charge in [-0.05, 0) is 59.5 Å². The first-order valence-electron chi connectivity index (χ1n) is 11.5. The lowest BCUT2D eigenvalue weighted by Gasteiger charge is -2.33. The average Bonchev–Trinajstić information content (AvgIpc) is 3.66. The third kappa shape index (κ3) is 3.95. The Balaban J connectivity index is 1.32. The molecule has 0 saturated carbocycles. The van der Waals surface area contributed by atoms with Crippen LogP contribution in [-0.4, -0.2) is 57.9 Å². The summed E-state index contributed by atoms with van der Waals surface area (Å²) in [4.78, 5) is 38.4. The average molecular weight is 520 g/mol. The highest BCUT2D eigenvalue weighted by molar-refractivity contribution is 6.31. The Labute approximate surface area is 214 Å². The van der Waals surface area contributed by atoms with E-state index in [1.54, 1.807) is 29.3 Å². The van der Waals surface area contributed by atoms with E-state index >= 15 is 4.39 Å². The van der Waals surface area contributed by atoms with E-state index in [-0.39, 0.29) is 34.3 Å². The molecular weight excluding hydrogens is 501 g/mol. The second kappa shape index (κ2) is 8.89. The topological polar surface area (TPSA) is 149 Å². The van der Waals surface area contributed by atoms with Crippen LogP contribution >= 0.6 is 11.6 Å². The van der Waals surface area contributed by atoms with E-state index in [0.29, 0.717) is 47.6 Å². The molecule has 6 rings (SSSR count). The van der Waals surface area contributed by atoms with Crippen molar-refractivity contribution in [1.82, 2.24) is 40.1 Å². The number of aromatic nitrogens is 7. The van der Waals surface area contributed by atoms with Crippen molar-refractivity contribution in [2.45, 2.75) is 31.3 Å². The maximum absolute atomic E-state index is 15.3. The number of halogens is 2. The number of carbonyl (C=O) groups is 2. The molecule has 2 atom stereocenters. The molecule has 0 radical (unpaired) electrons. The Hall–Kier alpha value is -4.45. The zero-order valence-corrected chi connectivity index (χ0v) is 19.9. The van der Waals surface area contributed by atoms with Crippen LogP contribution in [0.3, 0.4) is 0 Å². The first-order chi connectivity index (χ1) is 17.9. The van der Waals surface area contributed by atoms with E-state index < -0.39 is 11.7 Å². The fraction of sp³-hybridized carbons (Fsp3) is 0.208. The Bertz CT molecular complexity index is 1570. The number of nitrogens with one attached hydrogen (secondary N) is 1. The number of fused-ring (bicyclic) bond motifs is 1. The Morgan fingerprint density at radius 3 is 2.86 bits per heavy atom. The Kier molecular flexibility index (Phi) is 5.52. The highest BCUT2D eigenvalue weighted by atomic mass is 35.5. The van der Waals surface area contributed by atoms with Crippen molar-refractivity contribution in [2.75, 3.05) is 0 Å². The smallest absolute Gasteiger partial charge is 0.267 e. The molecule has 0 bridgehead atoms.